The van der Waals surface area contributed by atoms with Crippen molar-refractivity contribution in [3.05, 3.63) is 113 Å². The summed E-state index contributed by atoms with van der Waals surface area (Å²) in [5.74, 6) is 0.797. The minimum atomic E-state index is -0.311. The summed E-state index contributed by atoms with van der Waals surface area (Å²) in [6.45, 7) is 5.18. The average molecular weight is 603 g/mol. The zero-order valence-electron chi connectivity index (χ0n) is 25.4. The first-order valence-electron chi connectivity index (χ1n) is 15.6. The highest BCUT2D eigenvalue weighted by atomic mass is 16.2. The van der Waals surface area contributed by atoms with E-state index in [1.54, 1.807) is 0 Å². The Morgan fingerprint density at radius 3 is 2.69 bits per heavy atom. The van der Waals surface area contributed by atoms with Crippen molar-refractivity contribution < 1.29 is 9.59 Å². The number of para-hydroxylation sites is 1. The smallest absolute Gasteiger partial charge is 0.322 e. The van der Waals surface area contributed by atoms with Gasteiger partial charge in [0.2, 0.25) is 5.91 Å². The Hall–Kier alpha value is -4.96. The van der Waals surface area contributed by atoms with E-state index in [1.807, 2.05) is 59.9 Å². The molecule has 1 saturated heterocycles. The SMILES string of the molecule is Cc1cc(CC(NC(=O)CN2CCC(N3Cc4ccccc4NC3=O)CC2)c2nccn2Cc2ccccc2)cc2cn[nH]c12. The molecule has 3 amide bonds. The highest BCUT2D eigenvalue weighted by molar-refractivity contribution is 5.92. The van der Waals surface area contributed by atoms with Crippen LogP contribution in [0.3, 0.4) is 0 Å². The molecular weight excluding hydrogens is 564 g/mol. The first-order chi connectivity index (χ1) is 22.0. The van der Waals surface area contributed by atoms with E-state index in [0.29, 0.717) is 26.1 Å². The van der Waals surface area contributed by atoms with Gasteiger partial charge in [0.15, 0.2) is 0 Å². The van der Waals surface area contributed by atoms with Crippen molar-refractivity contribution in [2.24, 2.45) is 0 Å². The summed E-state index contributed by atoms with van der Waals surface area (Å²) in [7, 11) is 0. The van der Waals surface area contributed by atoms with Crippen molar-refractivity contribution in [1.29, 1.82) is 0 Å². The lowest BCUT2D eigenvalue weighted by molar-refractivity contribution is -0.123. The largest absolute Gasteiger partial charge is 0.345 e. The maximum atomic E-state index is 13.6. The molecule has 2 aromatic heterocycles. The second kappa shape index (κ2) is 12.6. The topological polar surface area (TPSA) is 111 Å². The second-order valence-electron chi connectivity index (χ2n) is 12.2. The van der Waals surface area contributed by atoms with Gasteiger partial charge >= 0.3 is 6.03 Å². The summed E-state index contributed by atoms with van der Waals surface area (Å²) >= 11 is 0. The molecule has 3 N–H and O–H groups in total. The molecular formula is C35H38N8O2. The molecule has 230 valence electrons. The number of amides is 3. The minimum Gasteiger partial charge on any atom is -0.345 e. The Morgan fingerprint density at radius 2 is 1.84 bits per heavy atom. The fraction of sp³-hybridized carbons (Fsp3) is 0.314. The zero-order valence-corrected chi connectivity index (χ0v) is 25.4. The van der Waals surface area contributed by atoms with Gasteiger partial charge in [0.1, 0.15) is 5.82 Å². The molecule has 1 fully saturated rings. The molecule has 1 unspecified atom stereocenters. The number of hydrogen-bond acceptors (Lipinski definition) is 5. The number of aromatic amines is 1. The van der Waals surface area contributed by atoms with Gasteiger partial charge in [0.05, 0.1) is 24.3 Å². The van der Waals surface area contributed by atoms with Crippen LogP contribution in [0.25, 0.3) is 10.9 Å². The zero-order chi connectivity index (χ0) is 30.8. The van der Waals surface area contributed by atoms with Gasteiger partial charge in [-0.25, -0.2) is 9.78 Å². The van der Waals surface area contributed by atoms with Gasteiger partial charge in [-0.15, -0.1) is 0 Å². The number of anilines is 1. The molecule has 10 heteroatoms. The van der Waals surface area contributed by atoms with Crippen molar-refractivity contribution in [3.63, 3.8) is 0 Å². The van der Waals surface area contributed by atoms with Crippen LogP contribution >= 0.6 is 0 Å². The number of rotatable bonds is 9. The third kappa shape index (κ3) is 6.32. The molecule has 2 aliphatic rings. The number of aromatic nitrogens is 4. The summed E-state index contributed by atoms with van der Waals surface area (Å²) in [6.07, 6.45) is 7.89. The van der Waals surface area contributed by atoms with E-state index in [-0.39, 0.29) is 24.0 Å². The number of aryl methyl sites for hydroxylation is 1. The normalized spacial score (nSPS) is 16.4. The average Bonchev–Trinajstić information content (AvgIpc) is 3.71. The standard InChI is InChI=1S/C35H38N8O2/c1-24-17-26(18-28-20-37-40-33(24)28)19-31(34-36-13-16-42(34)21-25-7-3-2-4-8-25)38-32(44)23-41-14-11-29(12-15-41)43-22-27-9-5-6-10-30(27)39-35(43)45/h2-10,13,16-18,20,29,31H,11-12,14-15,19,21-23H2,1H3,(H,37,40)(H,38,44)(H,39,45). The third-order valence-corrected chi connectivity index (χ3v) is 9.06. The van der Waals surface area contributed by atoms with E-state index < -0.39 is 0 Å². The monoisotopic (exact) mass is 602 g/mol. The molecule has 0 saturated carbocycles. The van der Waals surface area contributed by atoms with E-state index in [2.05, 4.69) is 67.6 Å². The highest BCUT2D eigenvalue weighted by Crippen LogP contribution is 2.28. The van der Waals surface area contributed by atoms with Crippen LogP contribution in [0.15, 0.2) is 85.3 Å². The molecule has 0 aliphatic carbocycles. The van der Waals surface area contributed by atoms with Gasteiger partial charge < -0.3 is 20.1 Å². The van der Waals surface area contributed by atoms with Gasteiger partial charge in [-0.05, 0) is 60.6 Å². The molecule has 0 spiro atoms. The quantitative estimate of drug-likeness (QED) is 0.219. The van der Waals surface area contributed by atoms with E-state index >= 15 is 0 Å². The maximum absolute atomic E-state index is 13.6. The number of likely N-dealkylation sites (tertiary alicyclic amines) is 1. The number of carbonyl (C=O) groups excluding carboxylic acids is 2. The Labute approximate surface area is 262 Å². The first-order valence-corrected chi connectivity index (χ1v) is 15.6. The highest BCUT2D eigenvalue weighted by Gasteiger charge is 2.32. The van der Waals surface area contributed by atoms with Gasteiger partial charge in [0.25, 0.3) is 0 Å². The molecule has 10 nitrogen and oxygen atoms in total. The Balaban J connectivity index is 1.03. The Kier molecular flexibility index (Phi) is 8.04. The number of nitrogens with one attached hydrogen (secondary N) is 3. The number of carbonyl (C=O) groups is 2. The van der Waals surface area contributed by atoms with Crippen molar-refractivity contribution in [2.45, 2.75) is 51.4 Å². The van der Waals surface area contributed by atoms with E-state index in [9.17, 15) is 9.59 Å². The van der Waals surface area contributed by atoms with Gasteiger partial charge in [-0.1, -0.05) is 54.6 Å². The lowest BCUT2D eigenvalue weighted by atomic mass is 10.00. The summed E-state index contributed by atoms with van der Waals surface area (Å²) in [4.78, 5) is 35.3. The van der Waals surface area contributed by atoms with Crippen molar-refractivity contribution in [2.75, 3.05) is 25.0 Å². The molecule has 5 aromatic rings. The number of nitrogens with zero attached hydrogens (tertiary/aromatic N) is 5. The summed E-state index contributed by atoms with van der Waals surface area (Å²) in [5, 5.41) is 14.7. The predicted octanol–water partition coefficient (Wildman–Crippen LogP) is 5.03. The number of imidazole rings is 1. The van der Waals surface area contributed by atoms with Crippen LogP contribution in [-0.4, -0.2) is 67.2 Å². The van der Waals surface area contributed by atoms with Crippen LogP contribution in [0, 0.1) is 6.92 Å². The van der Waals surface area contributed by atoms with Crippen LogP contribution < -0.4 is 10.6 Å². The number of piperidine rings is 1. The molecule has 0 radical (unpaired) electrons. The number of fused-ring (bicyclic) bond motifs is 2. The van der Waals surface area contributed by atoms with E-state index in [0.717, 1.165) is 65.0 Å². The van der Waals surface area contributed by atoms with Crippen LogP contribution in [0.2, 0.25) is 0 Å². The minimum absolute atomic E-state index is 0.0292. The molecule has 45 heavy (non-hydrogen) atoms. The van der Waals surface area contributed by atoms with Crippen LogP contribution in [0.4, 0.5) is 10.5 Å². The number of H-pyrrole nitrogens is 1. The third-order valence-electron chi connectivity index (χ3n) is 9.06. The van der Waals surface area contributed by atoms with E-state index in [4.69, 9.17) is 4.98 Å². The first kappa shape index (κ1) is 28.8. The lowest BCUT2D eigenvalue weighted by Gasteiger charge is -2.40. The molecule has 1 atom stereocenters. The van der Waals surface area contributed by atoms with Crippen molar-refractivity contribution >= 4 is 28.5 Å². The van der Waals surface area contributed by atoms with Crippen LogP contribution in [0.1, 0.15) is 47.0 Å². The van der Waals surface area contributed by atoms with Gasteiger partial charge in [-0.3, -0.25) is 14.8 Å². The maximum Gasteiger partial charge on any atom is 0.322 e. The Morgan fingerprint density at radius 1 is 1.04 bits per heavy atom. The lowest BCUT2D eigenvalue weighted by Crippen LogP contribution is -2.51. The summed E-state index contributed by atoms with van der Waals surface area (Å²) < 4.78 is 2.12. The van der Waals surface area contributed by atoms with Crippen molar-refractivity contribution in [1.82, 2.24) is 34.9 Å². The predicted molar refractivity (Wildman–Crippen MR) is 174 cm³/mol. The summed E-state index contributed by atoms with van der Waals surface area (Å²) in [6, 6.07) is 22.3. The fourth-order valence-electron chi connectivity index (χ4n) is 6.77. The Bertz CT molecular complexity index is 1800. The second-order valence-corrected chi connectivity index (χ2v) is 12.2. The molecule has 2 aliphatic heterocycles. The van der Waals surface area contributed by atoms with Crippen LogP contribution in [-0.2, 0) is 24.3 Å². The van der Waals surface area contributed by atoms with Crippen LogP contribution in [0.5, 0.6) is 0 Å². The number of hydrogen-bond donors (Lipinski definition) is 3. The molecule has 4 heterocycles. The van der Waals surface area contributed by atoms with Crippen molar-refractivity contribution in [3.8, 4) is 0 Å². The molecule has 7 rings (SSSR count). The van der Waals surface area contributed by atoms with E-state index in [1.165, 1.54) is 5.56 Å². The number of benzene rings is 3. The molecule has 0 bridgehead atoms. The molecule has 3 aromatic carbocycles. The number of urea groups is 1. The van der Waals surface area contributed by atoms with Gasteiger partial charge in [0, 0.05) is 55.7 Å². The summed E-state index contributed by atoms with van der Waals surface area (Å²) in [5.41, 5.74) is 6.46. The fourth-order valence-corrected chi connectivity index (χ4v) is 6.77. The van der Waals surface area contributed by atoms with Gasteiger partial charge in [-0.2, -0.15) is 5.10 Å².